The van der Waals surface area contributed by atoms with Gasteiger partial charge in [0.05, 0.1) is 32.4 Å². The molecule has 0 spiro atoms. The Bertz CT molecular complexity index is 1480. The fourth-order valence-corrected chi connectivity index (χ4v) is 6.33. The molecule has 0 bridgehead atoms. The minimum Gasteiger partial charge on any atom is -0.379 e. The number of hydrogen-bond acceptors (Lipinski definition) is 8. The third kappa shape index (κ3) is 13.1. The molecule has 5 atom stereocenters. The number of benzene rings is 2. The Morgan fingerprint density at radius 3 is 1.77 bits per heavy atom. The maximum atomic E-state index is 14.1. The Labute approximate surface area is 308 Å². The molecule has 2 fully saturated rings. The molecule has 52 heavy (non-hydrogen) atoms. The molecule has 4 rings (SSSR count). The molecule has 284 valence electrons. The quantitative estimate of drug-likeness (QED) is 0.152. The number of carbonyl (C=O) groups is 5. The van der Waals surface area contributed by atoms with E-state index in [9.17, 15) is 24.0 Å². The monoisotopic (exact) mass is 719 g/mol. The number of ether oxygens (including phenoxy) is 2. The van der Waals surface area contributed by atoms with Crippen LogP contribution in [0.15, 0.2) is 60.7 Å². The zero-order valence-corrected chi connectivity index (χ0v) is 31.3. The standard InChI is InChI=1S/C40H57N5O7/c1-27(2)22-32(36(47)40(5)26-52-40)42-39(50)34(24-30-14-10-7-11-15-30)44-38(49)33(23-28(3)4)43-37(48)31(17-16-29-12-8-6-9-13-29)41-35(46)25-45-18-20-51-21-19-45/h6-15,27-28,31-34H,16-26H2,1-5H3,(H,41,46)(H,42,50)(H,43,48)(H,44,49)/t31-,32?,33-,34+,40+/m1/s1. The number of nitrogens with one attached hydrogen (secondary N) is 4. The molecule has 12 nitrogen and oxygen atoms in total. The van der Waals surface area contributed by atoms with Crippen LogP contribution in [0, 0.1) is 11.8 Å². The van der Waals surface area contributed by atoms with Crippen LogP contribution >= 0.6 is 0 Å². The van der Waals surface area contributed by atoms with E-state index in [1.165, 1.54) is 0 Å². The van der Waals surface area contributed by atoms with E-state index in [2.05, 4.69) is 21.3 Å². The van der Waals surface area contributed by atoms with Crippen molar-refractivity contribution in [1.82, 2.24) is 26.2 Å². The van der Waals surface area contributed by atoms with Crippen molar-refractivity contribution >= 4 is 29.4 Å². The molecule has 2 aliphatic rings. The highest BCUT2D eigenvalue weighted by atomic mass is 16.6. The zero-order valence-electron chi connectivity index (χ0n) is 31.3. The average Bonchev–Trinajstić information content (AvgIpc) is 3.87. The van der Waals surface area contributed by atoms with E-state index in [0.29, 0.717) is 58.6 Å². The Morgan fingerprint density at radius 2 is 1.19 bits per heavy atom. The summed E-state index contributed by atoms with van der Waals surface area (Å²) in [5.74, 6) is -1.83. The van der Waals surface area contributed by atoms with E-state index in [-0.39, 0.29) is 36.5 Å². The van der Waals surface area contributed by atoms with Gasteiger partial charge in [0.15, 0.2) is 5.78 Å². The van der Waals surface area contributed by atoms with Crippen LogP contribution in [0.2, 0.25) is 0 Å². The third-order valence-electron chi connectivity index (χ3n) is 9.38. The summed E-state index contributed by atoms with van der Waals surface area (Å²) in [6.07, 6.45) is 1.76. The molecule has 1 unspecified atom stereocenters. The van der Waals surface area contributed by atoms with Crippen LogP contribution in [0.5, 0.6) is 0 Å². The summed E-state index contributed by atoms with van der Waals surface area (Å²) in [5.41, 5.74) is 0.915. The lowest BCUT2D eigenvalue weighted by atomic mass is 9.93. The lowest BCUT2D eigenvalue weighted by Gasteiger charge is -2.29. The van der Waals surface area contributed by atoms with Crippen molar-refractivity contribution in [3.63, 3.8) is 0 Å². The molecule has 4 N–H and O–H groups in total. The second-order valence-electron chi connectivity index (χ2n) is 15.0. The minimum atomic E-state index is -1.03. The molecule has 0 aliphatic carbocycles. The van der Waals surface area contributed by atoms with Gasteiger partial charge < -0.3 is 30.7 Å². The van der Waals surface area contributed by atoms with Gasteiger partial charge in [0, 0.05) is 19.5 Å². The second kappa shape index (κ2) is 19.6. The van der Waals surface area contributed by atoms with E-state index in [4.69, 9.17) is 9.47 Å². The van der Waals surface area contributed by atoms with Crippen molar-refractivity contribution in [3.8, 4) is 0 Å². The Balaban J connectivity index is 1.51. The van der Waals surface area contributed by atoms with Crippen LogP contribution in [-0.2, 0) is 46.3 Å². The number of amides is 4. The van der Waals surface area contributed by atoms with Crippen LogP contribution < -0.4 is 21.3 Å². The predicted molar refractivity (Wildman–Crippen MR) is 198 cm³/mol. The van der Waals surface area contributed by atoms with Gasteiger partial charge in [-0.25, -0.2) is 0 Å². The third-order valence-corrected chi connectivity index (χ3v) is 9.38. The summed E-state index contributed by atoms with van der Waals surface area (Å²) in [6.45, 7) is 12.3. The van der Waals surface area contributed by atoms with Gasteiger partial charge >= 0.3 is 0 Å². The van der Waals surface area contributed by atoms with Gasteiger partial charge in [0.1, 0.15) is 23.7 Å². The molecule has 2 heterocycles. The van der Waals surface area contributed by atoms with Crippen molar-refractivity contribution in [2.24, 2.45) is 11.8 Å². The molecule has 2 saturated heterocycles. The SMILES string of the molecule is CC(C)CC(NC(=O)[C@H](Cc1ccccc1)NC(=O)[C@@H](CC(C)C)NC(=O)[C@@H](CCc1ccccc1)NC(=O)CN1CCOCC1)C(=O)[C@]1(C)CO1. The highest BCUT2D eigenvalue weighted by Crippen LogP contribution is 2.29. The van der Waals surface area contributed by atoms with Crippen LogP contribution in [-0.4, -0.2) is 104 Å². The van der Waals surface area contributed by atoms with Gasteiger partial charge in [-0.15, -0.1) is 0 Å². The number of morpholine rings is 1. The molecule has 4 amide bonds. The smallest absolute Gasteiger partial charge is 0.243 e. The van der Waals surface area contributed by atoms with Crippen molar-refractivity contribution in [2.75, 3.05) is 39.5 Å². The summed E-state index contributed by atoms with van der Waals surface area (Å²) in [5, 5.41) is 11.7. The zero-order chi connectivity index (χ0) is 37.7. The van der Waals surface area contributed by atoms with Crippen LogP contribution in [0.25, 0.3) is 0 Å². The van der Waals surface area contributed by atoms with Crippen molar-refractivity contribution in [1.29, 1.82) is 0 Å². The van der Waals surface area contributed by atoms with E-state index in [0.717, 1.165) is 11.1 Å². The fourth-order valence-electron chi connectivity index (χ4n) is 6.33. The Hall–Kier alpha value is -4.13. The molecule has 2 aromatic carbocycles. The van der Waals surface area contributed by atoms with Gasteiger partial charge in [0.2, 0.25) is 23.6 Å². The van der Waals surface area contributed by atoms with Crippen molar-refractivity contribution in [3.05, 3.63) is 71.8 Å². The largest absolute Gasteiger partial charge is 0.379 e. The molecule has 0 saturated carbocycles. The number of aryl methyl sites for hydroxylation is 1. The van der Waals surface area contributed by atoms with E-state index in [1.54, 1.807) is 6.92 Å². The average molecular weight is 720 g/mol. The minimum absolute atomic E-state index is 0.0171. The lowest BCUT2D eigenvalue weighted by Crippen LogP contribution is -2.59. The van der Waals surface area contributed by atoms with E-state index in [1.807, 2.05) is 93.3 Å². The van der Waals surface area contributed by atoms with E-state index >= 15 is 0 Å². The second-order valence-corrected chi connectivity index (χ2v) is 15.0. The lowest BCUT2D eigenvalue weighted by molar-refractivity contribution is -0.135. The summed E-state index contributed by atoms with van der Waals surface area (Å²) < 4.78 is 10.8. The maximum absolute atomic E-state index is 14.1. The number of nitrogens with zero attached hydrogens (tertiary/aromatic N) is 1. The summed E-state index contributed by atoms with van der Waals surface area (Å²) >= 11 is 0. The first-order valence-corrected chi connectivity index (χ1v) is 18.6. The summed E-state index contributed by atoms with van der Waals surface area (Å²) in [4.78, 5) is 70.5. The summed E-state index contributed by atoms with van der Waals surface area (Å²) in [7, 11) is 0. The number of ketones is 1. The van der Waals surface area contributed by atoms with Crippen LogP contribution in [0.4, 0.5) is 0 Å². The van der Waals surface area contributed by atoms with Crippen molar-refractivity contribution in [2.45, 2.75) is 96.5 Å². The fraction of sp³-hybridized carbons (Fsp3) is 0.575. The van der Waals surface area contributed by atoms with Crippen LogP contribution in [0.1, 0.15) is 65.0 Å². The van der Waals surface area contributed by atoms with Gasteiger partial charge in [-0.3, -0.25) is 28.9 Å². The topological polar surface area (TPSA) is 158 Å². The van der Waals surface area contributed by atoms with Gasteiger partial charge in [-0.2, -0.15) is 0 Å². The highest BCUT2D eigenvalue weighted by molar-refractivity contribution is 5.98. The molecule has 2 aliphatic heterocycles. The number of Topliss-reactive ketones (excluding diaryl/α,β-unsaturated/α-hetero) is 1. The molecule has 0 radical (unpaired) electrons. The Kier molecular flexibility index (Phi) is 15.3. The summed E-state index contributed by atoms with van der Waals surface area (Å²) in [6, 6.07) is 15.3. The first kappa shape index (κ1) is 40.6. The van der Waals surface area contributed by atoms with Crippen molar-refractivity contribution < 1.29 is 33.4 Å². The first-order valence-electron chi connectivity index (χ1n) is 18.6. The predicted octanol–water partition coefficient (Wildman–Crippen LogP) is 2.58. The number of epoxide rings is 1. The van der Waals surface area contributed by atoms with Gasteiger partial charge in [-0.1, -0.05) is 88.4 Å². The number of carbonyl (C=O) groups excluding carboxylic acids is 5. The molecule has 12 heteroatoms. The molecule has 0 aromatic heterocycles. The maximum Gasteiger partial charge on any atom is 0.243 e. The number of hydrogen-bond donors (Lipinski definition) is 4. The highest BCUT2D eigenvalue weighted by Gasteiger charge is 2.50. The molecular formula is C40H57N5O7. The van der Waals surface area contributed by atoms with Gasteiger partial charge in [-0.05, 0) is 55.6 Å². The molecular weight excluding hydrogens is 662 g/mol. The van der Waals surface area contributed by atoms with Crippen LogP contribution in [0.3, 0.4) is 0 Å². The van der Waals surface area contributed by atoms with E-state index < -0.39 is 47.5 Å². The number of rotatable bonds is 20. The first-order chi connectivity index (χ1) is 24.8. The Morgan fingerprint density at radius 1 is 0.692 bits per heavy atom. The molecule has 2 aromatic rings. The normalized spacial score (nSPS) is 19.6. The van der Waals surface area contributed by atoms with Gasteiger partial charge in [0.25, 0.3) is 0 Å².